The van der Waals surface area contributed by atoms with Crippen molar-refractivity contribution >= 4 is 11.9 Å². The van der Waals surface area contributed by atoms with Gasteiger partial charge >= 0.3 is 5.97 Å². The molecule has 4 nitrogen and oxygen atoms in total. The van der Waals surface area contributed by atoms with Gasteiger partial charge in [0.2, 0.25) is 5.91 Å². The van der Waals surface area contributed by atoms with Gasteiger partial charge in [0.25, 0.3) is 0 Å². The molecule has 0 atom stereocenters. The Labute approximate surface area is 72.0 Å². The van der Waals surface area contributed by atoms with Gasteiger partial charge in [0.15, 0.2) is 0 Å². The highest BCUT2D eigenvalue weighted by molar-refractivity contribution is 5.85. The fourth-order valence-corrected chi connectivity index (χ4v) is 1.12. The van der Waals surface area contributed by atoms with Crippen LogP contribution in [0.3, 0.4) is 0 Å². The number of carbonyl (C=O) groups excluding carboxylic acids is 1. The van der Waals surface area contributed by atoms with E-state index in [2.05, 4.69) is 5.32 Å². The first-order valence-corrected chi connectivity index (χ1v) is 4.00. The number of carbonyl (C=O) groups is 2. The highest BCUT2D eigenvalue weighted by Gasteiger charge is 2.35. The predicted molar refractivity (Wildman–Crippen MR) is 44.8 cm³/mol. The maximum absolute atomic E-state index is 10.8. The standard InChI is InChI=1S/C8H15NO3/c1-4-8(5-2,7(11)12)9-6(3)10/h4-5H2,1-3H3,(H,9,10)(H,11,12). The summed E-state index contributed by atoms with van der Waals surface area (Å²) >= 11 is 0. The van der Waals surface area contributed by atoms with Crippen molar-refractivity contribution in [2.45, 2.75) is 39.2 Å². The van der Waals surface area contributed by atoms with Gasteiger partial charge in [-0.05, 0) is 12.8 Å². The number of carboxylic acids is 1. The zero-order valence-corrected chi connectivity index (χ0v) is 7.68. The van der Waals surface area contributed by atoms with Crippen molar-refractivity contribution in [3.05, 3.63) is 0 Å². The van der Waals surface area contributed by atoms with Crippen molar-refractivity contribution < 1.29 is 14.7 Å². The Morgan fingerprint density at radius 2 is 1.75 bits per heavy atom. The van der Waals surface area contributed by atoms with E-state index >= 15 is 0 Å². The van der Waals surface area contributed by atoms with E-state index in [4.69, 9.17) is 5.11 Å². The van der Waals surface area contributed by atoms with Crippen LogP contribution < -0.4 is 5.32 Å². The second-order valence-corrected chi connectivity index (χ2v) is 2.78. The molecule has 0 aliphatic heterocycles. The van der Waals surface area contributed by atoms with Gasteiger partial charge in [-0.1, -0.05) is 13.8 Å². The van der Waals surface area contributed by atoms with Crippen LogP contribution in [0.25, 0.3) is 0 Å². The van der Waals surface area contributed by atoms with Crippen LogP contribution in [0.4, 0.5) is 0 Å². The highest BCUT2D eigenvalue weighted by atomic mass is 16.4. The molecule has 0 heterocycles. The molecule has 0 aromatic heterocycles. The van der Waals surface area contributed by atoms with Gasteiger partial charge in [0, 0.05) is 6.92 Å². The number of hydrogen-bond donors (Lipinski definition) is 2. The van der Waals surface area contributed by atoms with Crippen LogP contribution in [0.1, 0.15) is 33.6 Å². The summed E-state index contributed by atoms with van der Waals surface area (Å²) in [5.74, 6) is -1.27. The molecule has 0 spiro atoms. The molecule has 4 heteroatoms. The quantitative estimate of drug-likeness (QED) is 0.659. The zero-order valence-electron chi connectivity index (χ0n) is 7.68. The molecule has 1 amide bonds. The summed E-state index contributed by atoms with van der Waals surface area (Å²) in [6.45, 7) is 4.81. The van der Waals surface area contributed by atoms with Crippen molar-refractivity contribution in [3.63, 3.8) is 0 Å². The molecule has 0 aromatic carbocycles. The van der Waals surface area contributed by atoms with Crippen molar-refractivity contribution in [3.8, 4) is 0 Å². The third kappa shape index (κ3) is 2.22. The van der Waals surface area contributed by atoms with Gasteiger partial charge in [0.1, 0.15) is 5.54 Å². The predicted octanol–water partition coefficient (Wildman–Crippen LogP) is 0.766. The summed E-state index contributed by atoms with van der Waals surface area (Å²) in [5, 5.41) is 11.3. The number of carboxylic acid groups (broad SMARTS) is 1. The fraction of sp³-hybridized carbons (Fsp3) is 0.750. The van der Waals surface area contributed by atoms with Crippen molar-refractivity contribution in [1.29, 1.82) is 0 Å². The van der Waals surface area contributed by atoms with E-state index in [1.54, 1.807) is 13.8 Å². The van der Waals surface area contributed by atoms with E-state index < -0.39 is 11.5 Å². The Morgan fingerprint density at radius 3 is 1.83 bits per heavy atom. The molecular weight excluding hydrogens is 158 g/mol. The van der Waals surface area contributed by atoms with Crippen molar-refractivity contribution in [2.24, 2.45) is 0 Å². The van der Waals surface area contributed by atoms with Gasteiger partial charge in [0.05, 0.1) is 0 Å². The summed E-state index contributed by atoms with van der Waals surface area (Å²) in [4.78, 5) is 21.5. The van der Waals surface area contributed by atoms with E-state index in [0.717, 1.165) is 0 Å². The van der Waals surface area contributed by atoms with E-state index in [1.807, 2.05) is 0 Å². The minimum Gasteiger partial charge on any atom is -0.480 e. The van der Waals surface area contributed by atoms with Gasteiger partial charge in [-0.15, -0.1) is 0 Å². The molecule has 0 radical (unpaired) electrons. The second kappa shape index (κ2) is 4.09. The van der Waals surface area contributed by atoms with Crippen LogP contribution in [0.5, 0.6) is 0 Å². The summed E-state index contributed by atoms with van der Waals surface area (Å²) in [6.07, 6.45) is 0.802. The highest BCUT2D eigenvalue weighted by Crippen LogP contribution is 2.14. The molecule has 0 saturated heterocycles. The fourth-order valence-electron chi connectivity index (χ4n) is 1.12. The van der Waals surface area contributed by atoms with Crippen molar-refractivity contribution in [1.82, 2.24) is 5.32 Å². The molecular formula is C8H15NO3. The Morgan fingerprint density at radius 1 is 1.33 bits per heavy atom. The lowest BCUT2D eigenvalue weighted by atomic mass is 9.93. The number of amides is 1. The molecule has 0 aliphatic rings. The first-order valence-electron chi connectivity index (χ1n) is 4.00. The molecule has 12 heavy (non-hydrogen) atoms. The van der Waals surface area contributed by atoms with Crippen LogP contribution in [0.15, 0.2) is 0 Å². The average molecular weight is 173 g/mol. The normalized spacial score (nSPS) is 10.9. The maximum atomic E-state index is 10.8. The zero-order chi connectivity index (χ0) is 9.78. The second-order valence-electron chi connectivity index (χ2n) is 2.78. The van der Waals surface area contributed by atoms with E-state index in [9.17, 15) is 9.59 Å². The van der Waals surface area contributed by atoms with Gasteiger partial charge in [-0.2, -0.15) is 0 Å². The van der Waals surface area contributed by atoms with Crippen LogP contribution in [-0.4, -0.2) is 22.5 Å². The van der Waals surface area contributed by atoms with Crippen LogP contribution in [0, 0.1) is 0 Å². The van der Waals surface area contributed by atoms with E-state index in [1.165, 1.54) is 6.92 Å². The lowest BCUT2D eigenvalue weighted by Crippen LogP contribution is -2.53. The van der Waals surface area contributed by atoms with Crippen molar-refractivity contribution in [2.75, 3.05) is 0 Å². The minimum absolute atomic E-state index is 0.305. The molecule has 0 saturated carbocycles. The molecule has 0 aliphatic carbocycles. The number of rotatable bonds is 4. The van der Waals surface area contributed by atoms with E-state index in [0.29, 0.717) is 12.8 Å². The lowest BCUT2D eigenvalue weighted by molar-refractivity contribution is -0.147. The Hall–Kier alpha value is -1.06. The summed E-state index contributed by atoms with van der Waals surface area (Å²) in [6, 6.07) is 0. The molecule has 70 valence electrons. The molecule has 0 aromatic rings. The Bertz CT molecular complexity index is 185. The van der Waals surface area contributed by atoms with Gasteiger partial charge in [-0.25, -0.2) is 4.79 Å². The topological polar surface area (TPSA) is 66.4 Å². The van der Waals surface area contributed by atoms with Crippen LogP contribution in [0.2, 0.25) is 0 Å². The number of aliphatic carboxylic acids is 1. The third-order valence-electron chi connectivity index (χ3n) is 2.03. The Kier molecular flexibility index (Phi) is 3.73. The SMILES string of the molecule is CCC(CC)(NC(C)=O)C(=O)O. The largest absolute Gasteiger partial charge is 0.480 e. The smallest absolute Gasteiger partial charge is 0.329 e. The number of nitrogens with one attached hydrogen (secondary N) is 1. The molecule has 0 fully saturated rings. The maximum Gasteiger partial charge on any atom is 0.329 e. The van der Waals surface area contributed by atoms with Crippen LogP contribution >= 0.6 is 0 Å². The van der Waals surface area contributed by atoms with Crippen LogP contribution in [-0.2, 0) is 9.59 Å². The van der Waals surface area contributed by atoms with Gasteiger partial charge in [-0.3, -0.25) is 4.79 Å². The first-order chi connectivity index (χ1) is 5.48. The first kappa shape index (κ1) is 10.9. The number of hydrogen-bond acceptors (Lipinski definition) is 2. The van der Waals surface area contributed by atoms with E-state index in [-0.39, 0.29) is 5.91 Å². The molecule has 0 bridgehead atoms. The molecule has 0 unspecified atom stereocenters. The minimum atomic E-state index is -1.08. The van der Waals surface area contributed by atoms with Gasteiger partial charge < -0.3 is 10.4 Å². The summed E-state index contributed by atoms with van der Waals surface area (Å²) in [7, 11) is 0. The Balaban J connectivity index is 4.58. The molecule has 0 rings (SSSR count). The lowest BCUT2D eigenvalue weighted by Gasteiger charge is -2.27. The monoisotopic (exact) mass is 173 g/mol. The summed E-state index contributed by atoms with van der Waals surface area (Å²) < 4.78 is 0. The average Bonchev–Trinajstić information content (AvgIpc) is 1.99. The third-order valence-corrected chi connectivity index (χ3v) is 2.03. The molecule has 2 N–H and O–H groups in total. The summed E-state index contributed by atoms with van der Waals surface area (Å²) in [5.41, 5.74) is -1.08.